The van der Waals surface area contributed by atoms with Crippen LogP contribution in [-0.4, -0.2) is 277 Å². The van der Waals surface area contributed by atoms with Gasteiger partial charge in [0.25, 0.3) is 5.91 Å². The molecule has 8 fully saturated rings. The monoisotopic (exact) mass is 1710 g/mol. The minimum Gasteiger partial charge on any atom is -0.496 e. The van der Waals surface area contributed by atoms with Crippen LogP contribution in [-0.2, 0) is 38.8 Å². The number of methoxy groups -OCH3 is 2. The summed E-state index contributed by atoms with van der Waals surface area (Å²) in [6.45, 7) is 22.1. The number of aliphatic imine (C=N–C) groups is 2. The maximum atomic E-state index is 14.4. The van der Waals surface area contributed by atoms with Gasteiger partial charge in [-0.1, -0.05) is 144 Å². The Morgan fingerprint density at radius 3 is 1.31 bits per heavy atom. The van der Waals surface area contributed by atoms with Crippen LogP contribution < -0.4 is 41.0 Å². The van der Waals surface area contributed by atoms with Crippen molar-refractivity contribution in [2.24, 2.45) is 79.8 Å². The topological polar surface area (TPSA) is 319 Å². The van der Waals surface area contributed by atoms with Crippen molar-refractivity contribution in [1.82, 2.24) is 45.7 Å². The van der Waals surface area contributed by atoms with Gasteiger partial charge in [-0.3, -0.25) is 34.0 Å². The second-order valence-corrected chi connectivity index (χ2v) is 37.2. The third-order valence-electron chi connectivity index (χ3n) is 26.3. The van der Waals surface area contributed by atoms with Crippen molar-refractivity contribution in [2.45, 2.75) is 204 Å². The Bertz CT molecular complexity index is 4300. The average Bonchev–Trinajstić information content (AvgIpc) is 0.890. The Morgan fingerprint density at radius 2 is 0.959 bits per heavy atom. The highest BCUT2D eigenvalue weighted by Gasteiger charge is 2.59. The van der Waals surface area contributed by atoms with Gasteiger partial charge in [-0.2, -0.15) is 10.1 Å². The number of ether oxygens (including phenoxy) is 2. The zero-order chi connectivity index (χ0) is 88.4. The van der Waals surface area contributed by atoms with Crippen molar-refractivity contribution in [3.8, 4) is 33.8 Å². The number of fused-ring (bicyclic) bond motifs is 4. The number of amides is 3. The number of para-hydroxylation sites is 2. The molecule has 2 unspecified atom stereocenters. The Labute approximate surface area is 736 Å². The number of hydrogen-bond acceptors (Lipinski definition) is 19. The lowest BCUT2D eigenvalue weighted by Gasteiger charge is -2.62. The normalized spacial score (nSPS) is 24.7. The zero-order valence-electron chi connectivity index (χ0n) is 75.8. The number of rotatable bonds is 29. The lowest BCUT2D eigenvalue weighted by Crippen LogP contribution is -2.62. The number of nitrogens with one attached hydrogen (secondary N) is 3. The first-order valence-corrected chi connectivity index (χ1v) is 42.7. The fourth-order valence-corrected chi connectivity index (χ4v) is 19.7. The Morgan fingerprint density at radius 1 is 0.561 bits per heavy atom. The van der Waals surface area contributed by atoms with Crippen molar-refractivity contribution < 1.29 is 63.9 Å². The first-order chi connectivity index (χ1) is 56.6. The third kappa shape index (κ3) is 24.1. The summed E-state index contributed by atoms with van der Waals surface area (Å²) in [6, 6.07) is 30.7. The Kier molecular flexibility index (Phi) is 37.3. The molecule has 0 radical (unpaired) electrons. The van der Waals surface area contributed by atoms with Crippen LogP contribution in [0.3, 0.4) is 0 Å². The van der Waals surface area contributed by atoms with E-state index in [1.54, 1.807) is 50.3 Å². The quantitative estimate of drug-likeness (QED) is 0.0159. The number of nitrogens with zero attached hydrogens (tertiary/aromatic N) is 10. The van der Waals surface area contributed by atoms with Gasteiger partial charge in [0, 0.05) is 154 Å². The molecule has 13 rings (SSSR count). The molecule has 8 aliphatic rings. The molecule has 0 aromatic heterocycles. The summed E-state index contributed by atoms with van der Waals surface area (Å²) in [7, 11) is 26.5. The van der Waals surface area contributed by atoms with Crippen molar-refractivity contribution >= 4 is 47.0 Å². The molecule has 4 bridgehead atoms. The van der Waals surface area contributed by atoms with Gasteiger partial charge in [0.1, 0.15) is 35.8 Å². The van der Waals surface area contributed by atoms with E-state index < -0.39 is 54.3 Å². The number of aliphatic hydroxyl groups excluding tert-OH is 4. The molecule has 3 amide bonds. The summed E-state index contributed by atoms with van der Waals surface area (Å²) < 4.78 is 12.0. The second-order valence-electron chi connectivity index (χ2n) is 37.2. The van der Waals surface area contributed by atoms with Gasteiger partial charge in [0.05, 0.1) is 77.4 Å². The number of hydrogen-bond donors (Lipinski definition) is 9. The number of carboxylic acid groups (broad SMARTS) is 1. The maximum absolute atomic E-state index is 14.4. The number of carboxylic acids is 1. The van der Waals surface area contributed by atoms with Crippen LogP contribution in [0.2, 0.25) is 0 Å². The highest BCUT2D eigenvalue weighted by atomic mass is 16.7. The van der Waals surface area contributed by atoms with Crippen molar-refractivity contribution in [3.63, 3.8) is 0 Å². The molecule has 0 spiro atoms. The molecular formula is C96H154N14O13. The summed E-state index contributed by atoms with van der Waals surface area (Å²) >= 11 is 0. The van der Waals surface area contributed by atoms with Crippen LogP contribution >= 0.6 is 0 Å². The minimum absolute atomic E-state index is 0. The molecule has 6 saturated carbocycles. The third-order valence-corrected chi connectivity index (χ3v) is 26.3. The van der Waals surface area contributed by atoms with Crippen LogP contribution in [0.1, 0.15) is 161 Å². The van der Waals surface area contributed by atoms with Crippen molar-refractivity contribution in [2.75, 3.05) is 135 Å². The molecule has 686 valence electrons. The number of hydroxylamine groups is 4. The number of carbonyl (C=O) groups excluding carboxylic acids is 3. The van der Waals surface area contributed by atoms with E-state index in [1.165, 1.54) is 12.8 Å². The van der Waals surface area contributed by atoms with Gasteiger partial charge in [0.15, 0.2) is 11.9 Å². The van der Waals surface area contributed by atoms with Gasteiger partial charge in [-0.25, -0.2) is 4.79 Å². The van der Waals surface area contributed by atoms with E-state index in [0.29, 0.717) is 94.7 Å². The zero-order valence-corrected chi connectivity index (χ0v) is 75.8. The number of anilines is 2. The number of benzene rings is 5. The van der Waals surface area contributed by atoms with E-state index in [0.717, 1.165) is 64.8 Å². The average molecular weight is 1710 g/mol. The van der Waals surface area contributed by atoms with Crippen molar-refractivity contribution in [1.29, 1.82) is 0 Å². The smallest absolute Gasteiger partial charge is 0.335 e. The molecule has 2 aliphatic heterocycles. The summed E-state index contributed by atoms with van der Waals surface area (Å²) in [4.78, 5) is 88.3. The number of aromatic carboxylic acids is 1. The van der Waals surface area contributed by atoms with Crippen LogP contribution in [0.4, 0.5) is 11.4 Å². The summed E-state index contributed by atoms with van der Waals surface area (Å²) in [5.74, 6) is 3.39. The largest absolute Gasteiger partial charge is 0.496 e. The van der Waals surface area contributed by atoms with Gasteiger partial charge >= 0.3 is 5.97 Å². The van der Waals surface area contributed by atoms with Gasteiger partial charge in [0.2, 0.25) is 11.8 Å². The SMILES string of the molecule is C.C.C.CC(C)C[C@H](N)CN=C(N(C)C)N(C)C.COc1c(CN2O[C@@H](CO)[C@@H]([C@H](C)O)C2C(=O)N[C@H]2C[C@H]3C[C@@H]([C@@H]2C)C3(C)C)cccc1-c1cc(C(=O)N[C@H](CN=C(N(C)C)N(C)C)Cc2ccccc2)cc(N(C)C)c1.COc1c(CN2O[C@@H](CO)[C@@H]([C@H](C)O)C2C(=O)N[C@H]2C[C@H]3C[C@@H]([C@@H]2C)C3(C)C)cccc1-c1cc(C(=O)O)cc(N(C)C)c1. The molecule has 5 aromatic carbocycles. The van der Waals surface area contributed by atoms with E-state index in [2.05, 4.69) is 88.5 Å². The van der Waals surface area contributed by atoms with Crippen molar-refractivity contribution in [3.05, 3.63) is 131 Å². The number of carbonyl (C=O) groups is 4. The van der Waals surface area contributed by atoms with E-state index in [4.69, 9.17) is 29.9 Å². The molecule has 10 N–H and O–H groups in total. The number of nitrogens with two attached hydrogens (primary N) is 1. The maximum Gasteiger partial charge on any atom is 0.335 e. The summed E-state index contributed by atoms with van der Waals surface area (Å²) in [6.07, 6.45) is 2.52. The number of aliphatic hydroxyl groups is 4. The predicted octanol–water partition coefficient (Wildman–Crippen LogP) is 11.4. The Balaban J connectivity index is 0.000000329. The van der Waals surface area contributed by atoms with E-state index >= 15 is 0 Å². The lowest BCUT2D eigenvalue weighted by molar-refractivity contribution is -0.183. The standard InChI is InChI=1S/C48H69N7O6.C34H47N3O7.C11H26N4.3CH4/c1-29-39-24-35(48(39,3)4)25-40(29)51-46(59)43-42(30(2)57)41(28-56)61-55(43)27-32-18-15-19-38(44(32)60-11)33-21-34(23-37(22-33)52(5)6)45(58)50-36(20-31-16-13-12-14-17-31)26-49-47(53(7)8)54(9)10;1-18-26-14-23(34(26,3)4)15-27(18)35-32(40)30-29(19(2)39)28(17-38)44-37(30)16-20-9-8-10-25(31(20)43-7)21-11-22(33(41)42)13-24(12-21)36(5)6;1-9(2)7-10(12)8-13-11(14(3)4)15(5)6;;;/h12-19,21-23,29-30,35-36,39-43,56-57H,20,24-28H2,1-11H3,(H,50,58)(H,51,59);8-13,18-19,23,26-30,38-39H,14-17H2,1-7H3,(H,35,40)(H,41,42);9-10H,7-8,12H2,1-6H3;3*1H4/t29-,30-,35+,36-,39-,40-,41-,42+,43?;18-,19-,23+,26-,27-,28-,29+,30?;10-;;;/m000.../s1. The molecular weight excluding hydrogens is 1560 g/mol. The fourth-order valence-electron chi connectivity index (χ4n) is 19.7. The van der Waals surface area contributed by atoms with E-state index in [-0.39, 0.29) is 107 Å². The molecule has 5 aromatic rings. The highest BCUT2D eigenvalue weighted by molar-refractivity contribution is 5.98. The molecule has 27 heteroatoms. The second kappa shape index (κ2) is 44.5. The molecule has 27 nitrogen and oxygen atoms in total. The molecule has 123 heavy (non-hydrogen) atoms. The first kappa shape index (κ1) is 103. The van der Waals surface area contributed by atoms with Crippen LogP contribution in [0.5, 0.6) is 11.5 Å². The predicted molar refractivity (Wildman–Crippen MR) is 496 cm³/mol. The molecule has 2 heterocycles. The molecule has 2 saturated heterocycles. The van der Waals surface area contributed by atoms with Crippen LogP contribution in [0, 0.1) is 64.1 Å². The van der Waals surface area contributed by atoms with E-state index in [9.17, 15) is 44.7 Å². The van der Waals surface area contributed by atoms with Gasteiger partial charge in [-0.15, -0.1) is 0 Å². The van der Waals surface area contributed by atoms with Crippen LogP contribution in [0.15, 0.2) is 113 Å². The Hall–Kier alpha value is -8.64. The fraction of sp³-hybridized carbons (Fsp3) is 0.625. The van der Waals surface area contributed by atoms with Gasteiger partial charge in [-0.05, 0) is 158 Å². The summed E-state index contributed by atoms with van der Waals surface area (Å²) in [5.41, 5.74) is 14.2. The minimum atomic E-state index is -1.03. The first-order valence-electron chi connectivity index (χ1n) is 42.7. The van der Waals surface area contributed by atoms with E-state index in [1.807, 2.05) is 193 Å². The highest BCUT2D eigenvalue weighted by Crippen LogP contribution is 2.62. The van der Waals surface area contributed by atoms with Gasteiger partial charge < -0.3 is 86.1 Å². The lowest BCUT2D eigenvalue weighted by atomic mass is 9.45. The summed E-state index contributed by atoms with van der Waals surface area (Å²) in [5, 5.41) is 65.3. The molecule has 6 aliphatic carbocycles. The van der Waals surface area contributed by atoms with Crippen LogP contribution in [0.25, 0.3) is 22.3 Å². The molecule has 18 atom stereocenters. The number of guanidine groups is 2.